The maximum Gasteiger partial charge on any atom is 0.222 e. The highest BCUT2D eigenvalue weighted by Gasteiger charge is 2.28. The first kappa shape index (κ1) is 9.95. The molecule has 0 aliphatic carbocycles. The molecule has 1 aliphatic rings. The highest BCUT2D eigenvalue weighted by atomic mass is 16.5. The number of rotatable bonds is 0. The van der Waals surface area contributed by atoms with Gasteiger partial charge in [0.15, 0.2) is 0 Å². The van der Waals surface area contributed by atoms with E-state index in [0.29, 0.717) is 23.3 Å². The van der Waals surface area contributed by atoms with Gasteiger partial charge in [-0.15, -0.1) is 0 Å². The maximum atomic E-state index is 9.96. The Balaban J connectivity index is 2.46. The topological polar surface area (TPSA) is 107 Å². The van der Waals surface area contributed by atoms with Gasteiger partial charge in [-0.25, -0.2) is 4.98 Å². The van der Waals surface area contributed by atoms with Crippen molar-refractivity contribution in [2.75, 3.05) is 18.1 Å². The Labute approximate surface area is 97.2 Å². The van der Waals surface area contributed by atoms with E-state index in [1.165, 1.54) is 0 Å². The molecule has 1 atom stereocenters. The number of nitrogens with two attached hydrogens (primary N) is 2. The predicted molar refractivity (Wildman–Crippen MR) is 63.9 cm³/mol. The molecule has 0 bridgehead atoms. The fraction of sp³-hybridized carbons (Fsp3) is 0.273. The summed E-state index contributed by atoms with van der Waals surface area (Å²) in [5.41, 5.74) is 12.6. The number of nitrogens with zero attached hydrogens (tertiary/aromatic N) is 2. The molecule has 1 unspecified atom stereocenters. The number of aromatic hydroxyl groups is 1. The number of aromatic nitrogens is 2. The number of nitrogen functional groups attached to an aromatic ring is 2. The number of ether oxygens (including phenoxy) is 1. The zero-order valence-electron chi connectivity index (χ0n) is 9.27. The molecule has 1 aliphatic heterocycles. The summed E-state index contributed by atoms with van der Waals surface area (Å²) >= 11 is 0. The standard InChI is InChI=1S/C11H12N4O2/c1-4-3-17-9-7(4)6(16)2-5-8(9)10(12)15-11(13)14-5/h2,4,16H,3H2,1H3,(H4,12,13,14,15). The molecule has 5 N–H and O–H groups in total. The van der Waals surface area contributed by atoms with E-state index in [9.17, 15) is 5.11 Å². The lowest BCUT2D eigenvalue weighted by Gasteiger charge is -2.09. The van der Waals surface area contributed by atoms with Crippen LogP contribution in [0.5, 0.6) is 11.5 Å². The molecular formula is C11H12N4O2. The summed E-state index contributed by atoms with van der Waals surface area (Å²) < 4.78 is 5.56. The van der Waals surface area contributed by atoms with Crippen molar-refractivity contribution < 1.29 is 9.84 Å². The molecule has 0 fully saturated rings. The molecule has 2 aromatic rings. The van der Waals surface area contributed by atoms with Crippen LogP contribution in [0.4, 0.5) is 11.8 Å². The summed E-state index contributed by atoms with van der Waals surface area (Å²) in [5, 5.41) is 10.6. The van der Waals surface area contributed by atoms with Crippen LogP contribution in [-0.2, 0) is 0 Å². The van der Waals surface area contributed by atoms with Gasteiger partial charge in [-0.3, -0.25) is 0 Å². The Morgan fingerprint density at radius 1 is 1.41 bits per heavy atom. The zero-order chi connectivity index (χ0) is 12.2. The van der Waals surface area contributed by atoms with Crippen LogP contribution in [0, 0.1) is 0 Å². The minimum absolute atomic E-state index is 0.0837. The maximum absolute atomic E-state index is 9.96. The van der Waals surface area contributed by atoms with Gasteiger partial charge in [-0.1, -0.05) is 6.92 Å². The normalized spacial score (nSPS) is 18.1. The summed E-state index contributed by atoms with van der Waals surface area (Å²) in [6.45, 7) is 2.50. The van der Waals surface area contributed by atoms with Crippen molar-refractivity contribution in [1.82, 2.24) is 9.97 Å². The van der Waals surface area contributed by atoms with Crippen LogP contribution in [0.3, 0.4) is 0 Å². The third kappa shape index (κ3) is 1.27. The van der Waals surface area contributed by atoms with Crippen molar-refractivity contribution in [2.45, 2.75) is 12.8 Å². The molecule has 1 aromatic heterocycles. The van der Waals surface area contributed by atoms with Crippen LogP contribution >= 0.6 is 0 Å². The van der Waals surface area contributed by atoms with Gasteiger partial charge in [0.1, 0.15) is 17.3 Å². The lowest BCUT2D eigenvalue weighted by atomic mass is 10.00. The molecule has 0 saturated carbocycles. The SMILES string of the molecule is CC1COc2c1c(O)cc1nc(N)nc(N)c21. The Hall–Kier alpha value is -2.24. The first-order valence-electron chi connectivity index (χ1n) is 5.29. The van der Waals surface area contributed by atoms with Crippen molar-refractivity contribution in [3.8, 4) is 11.5 Å². The summed E-state index contributed by atoms with van der Waals surface area (Å²) in [6, 6.07) is 1.55. The number of anilines is 2. The van der Waals surface area contributed by atoms with Crippen LogP contribution in [0.2, 0.25) is 0 Å². The van der Waals surface area contributed by atoms with Crippen LogP contribution in [-0.4, -0.2) is 21.7 Å². The number of fused-ring (bicyclic) bond motifs is 3. The third-order valence-corrected chi connectivity index (χ3v) is 2.97. The van der Waals surface area contributed by atoms with Gasteiger partial charge in [0.2, 0.25) is 5.95 Å². The minimum Gasteiger partial charge on any atom is -0.507 e. The van der Waals surface area contributed by atoms with Crippen LogP contribution in [0.25, 0.3) is 10.9 Å². The lowest BCUT2D eigenvalue weighted by Crippen LogP contribution is -2.01. The zero-order valence-corrected chi connectivity index (χ0v) is 9.27. The second-order valence-corrected chi connectivity index (χ2v) is 4.21. The molecule has 0 radical (unpaired) electrons. The van der Waals surface area contributed by atoms with Crippen molar-refractivity contribution in [1.29, 1.82) is 0 Å². The number of phenolic OH excluding ortho intramolecular Hbond substituents is 1. The average Bonchev–Trinajstić information content (AvgIpc) is 2.59. The molecule has 6 nitrogen and oxygen atoms in total. The summed E-state index contributed by atoms with van der Waals surface area (Å²) in [7, 11) is 0. The highest BCUT2D eigenvalue weighted by molar-refractivity contribution is 5.97. The van der Waals surface area contributed by atoms with Gasteiger partial charge >= 0.3 is 0 Å². The van der Waals surface area contributed by atoms with Crippen molar-refractivity contribution in [2.24, 2.45) is 0 Å². The van der Waals surface area contributed by atoms with Crippen LogP contribution in [0.1, 0.15) is 18.4 Å². The molecule has 17 heavy (non-hydrogen) atoms. The molecule has 3 rings (SSSR count). The monoisotopic (exact) mass is 232 g/mol. The van der Waals surface area contributed by atoms with Gasteiger partial charge in [0.25, 0.3) is 0 Å². The average molecular weight is 232 g/mol. The summed E-state index contributed by atoms with van der Waals surface area (Å²) in [6.07, 6.45) is 0. The smallest absolute Gasteiger partial charge is 0.222 e. The van der Waals surface area contributed by atoms with Crippen LogP contribution < -0.4 is 16.2 Å². The van der Waals surface area contributed by atoms with E-state index in [1.807, 2.05) is 6.92 Å². The fourth-order valence-corrected chi connectivity index (χ4v) is 2.23. The first-order chi connectivity index (χ1) is 8.08. The molecule has 6 heteroatoms. The van der Waals surface area contributed by atoms with Crippen molar-refractivity contribution >= 4 is 22.7 Å². The number of hydrogen-bond donors (Lipinski definition) is 3. The molecule has 0 saturated heterocycles. The second kappa shape index (κ2) is 3.13. The van der Waals surface area contributed by atoms with Gasteiger partial charge in [-0.05, 0) is 0 Å². The Morgan fingerprint density at radius 2 is 2.18 bits per heavy atom. The number of phenols is 1. The minimum atomic E-state index is 0.0837. The predicted octanol–water partition coefficient (Wildman–Crippen LogP) is 0.996. The van der Waals surface area contributed by atoms with Gasteiger partial charge in [0, 0.05) is 17.5 Å². The van der Waals surface area contributed by atoms with Gasteiger partial charge in [-0.2, -0.15) is 4.98 Å². The molecule has 0 spiro atoms. The first-order valence-corrected chi connectivity index (χ1v) is 5.29. The van der Waals surface area contributed by atoms with Crippen LogP contribution in [0.15, 0.2) is 6.07 Å². The quantitative estimate of drug-likeness (QED) is 0.625. The summed E-state index contributed by atoms with van der Waals surface area (Å²) in [4.78, 5) is 7.96. The molecule has 88 valence electrons. The fourth-order valence-electron chi connectivity index (χ4n) is 2.23. The molecule has 1 aromatic carbocycles. The highest BCUT2D eigenvalue weighted by Crippen LogP contribution is 2.46. The van der Waals surface area contributed by atoms with E-state index >= 15 is 0 Å². The molecular weight excluding hydrogens is 220 g/mol. The largest absolute Gasteiger partial charge is 0.507 e. The summed E-state index contributed by atoms with van der Waals surface area (Å²) in [5.74, 6) is 1.23. The van der Waals surface area contributed by atoms with Crippen molar-refractivity contribution in [3.63, 3.8) is 0 Å². The lowest BCUT2D eigenvalue weighted by molar-refractivity contribution is 0.340. The number of hydrogen-bond acceptors (Lipinski definition) is 6. The second-order valence-electron chi connectivity index (χ2n) is 4.21. The van der Waals surface area contributed by atoms with E-state index in [1.54, 1.807) is 6.07 Å². The Morgan fingerprint density at radius 3 is 2.94 bits per heavy atom. The Kier molecular flexibility index (Phi) is 1.83. The van der Waals surface area contributed by atoms with E-state index in [-0.39, 0.29) is 23.4 Å². The van der Waals surface area contributed by atoms with E-state index in [2.05, 4.69) is 9.97 Å². The third-order valence-electron chi connectivity index (χ3n) is 2.97. The van der Waals surface area contributed by atoms with Gasteiger partial charge < -0.3 is 21.3 Å². The molecule has 0 amide bonds. The van der Waals surface area contributed by atoms with E-state index in [4.69, 9.17) is 16.2 Å². The van der Waals surface area contributed by atoms with Crippen molar-refractivity contribution in [3.05, 3.63) is 11.6 Å². The Bertz CT molecular complexity index is 627. The number of benzene rings is 1. The van der Waals surface area contributed by atoms with E-state index < -0.39 is 0 Å². The van der Waals surface area contributed by atoms with E-state index in [0.717, 1.165) is 5.56 Å². The van der Waals surface area contributed by atoms with Gasteiger partial charge in [0.05, 0.1) is 17.5 Å². The molecule has 2 heterocycles.